The van der Waals surface area contributed by atoms with Gasteiger partial charge in [-0.15, -0.1) is 0 Å². The van der Waals surface area contributed by atoms with Crippen LogP contribution in [0.1, 0.15) is 37.7 Å². The first-order chi connectivity index (χ1) is 12.7. The number of carbonyl (C=O) groups is 1. The standard InChI is InChI=1S/C21H29N3O2/c25-21(23-20-17-8-15-7-16(10-17)11-18(20)9-15)19-13-24(5-6-26-19)12-14-1-3-22-4-2-14/h1-4,15-20H,5-13H2,(H,23,25). The molecule has 4 aliphatic carbocycles. The molecular formula is C21H29N3O2. The van der Waals surface area contributed by atoms with E-state index in [0.29, 0.717) is 31.0 Å². The second-order valence-corrected chi connectivity index (χ2v) is 8.92. The number of nitrogens with one attached hydrogen (secondary N) is 1. The first-order valence-corrected chi connectivity index (χ1v) is 10.3. The molecule has 1 unspecified atom stereocenters. The third-order valence-corrected chi connectivity index (χ3v) is 7.13. The summed E-state index contributed by atoms with van der Waals surface area (Å²) >= 11 is 0. The molecule has 1 atom stereocenters. The molecule has 26 heavy (non-hydrogen) atoms. The molecule has 0 radical (unpaired) electrons. The van der Waals surface area contributed by atoms with Gasteiger partial charge in [0, 0.05) is 38.1 Å². The number of rotatable bonds is 4. The number of amides is 1. The average molecular weight is 355 g/mol. The predicted molar refractivity (Wildman–Crippen MR) is 98.2 cm³/mol. The van der Waals surface area contributed by atoms with Crippen LogP contribution in [0.3, 0.4) is 0 Å². The molecule has 5 heteroatoms. The third kappa shape index (κ3) is 3.27. The Morgan fingerprint density at radius 2 is 1.81 bits per heavy atom. The Balaban J connectivity index is 1.19. The normalized spacial score (nSPS) is 39.1. The molecule has 1 N–H and O–H groups in total. The lowest BCUT2D eigenvalue weighted by Gasteiger charge is -2.54. The van der Waals surface area contributed by atoms with Crippen molar-refractivity contribution in [3.8, 4) is 0 Å². The van der Waals surface area contributed by atoms with Crippen LogP contribution in [0.4, 0.5) is 0 Å². The molecule has 5 nitrogen and oxygen atoms in total. The van der Waals surface area contributed by atoms with Crippen LogP contribution in [-0.4, -0.2) is 47.6 Å². The van der Waals surface area contributed by atoms with Crippen molar-refractivity contribution < 1.29 is 9.53 Å². The van der Waals surface area contributed by atoms with Crippen molar-refractivity contribution in [3.63, 3.8) is 0 Å². The summed E-state index contributed by atoms with van der Waals surface area (Å²) in [6.07, 6.45) is 10.1. The number of pyridine rings is 1. The minimum absolute atomic E-state index is 0.113. The maximum absolute atomic E-state index is 12.9. The SMILES string of the molecule is O=C(NC1C2CC3CC(C2)CC1C3)C1CN(Cc2ccncc2)CCO1. The molecule has 1 aliphatic heterocycles. The number of aromatic nitrogens is 1. The first-order valence-electron chi connectivity index (χ1n) is 10.3. The summed E-state index contributed by atoms with van der Waals surface area (Å²) in [5.74, 6) is 3.42. The zero-order valence-electron chi connectivity index (χ0n) is 15.3. The van der Waals surface area contributed by atoms with Crippen LogP contribution < -0.4 is 5.32 Å². The van der Waals surface area contributed by atoms with Crippen molar-refractivity contribution in [1.29, 1.82) is 0 Å². The van der Waals surface area contributed by atoms with Crippen LogP contribution in [-0.2, 0) is 16.1 Å². The van der Waals surface area contributed by atoms with Gasteiger partial charge in [-0.2, -0.15) is 0 Å². The molecule has 2 heterocycles. The number of carbonyl (C=O) groups excluding carboxylic acids is 1. The Kier molecular flexibility index (Phi) is 4.45. The Labute approximate surface area is 155 Å². The van der Waals surface area contributed by atoms with Crippen molar-refractivity contribution in [2.45, 2.75) is 50.8 Å². The van der Waals surface area contributed by atoms with Crippen molar-refractivity contribution >= 4 is 5.91 Å². The fraction of sp³-hybridized carbons (Fsp3) is 0.714. The van der Waals surface area contributed by atoms with E-state index >= 15 is 0 Å². The van der Waals surface area contributed by atoms with Crippen LogP contribution in [0.2, 0.25) is 0 Å². The monoisotopic (exact) mass is 355 g/mol. The van der Waals surface area contributed by atoms with Crippen LogP contribution in [0.15, 0.2) is 24.5 Å². The summed E-state index contributed by atoms with van der Waals surface area (Å²) < 4.78 is 5.84. The molecule has 5 aliphatic rings. The highest BCUT2D eigenvalue weighted by atomic mass is 16.5. The molecular weight excluding hydrogens is 326 g/mol. The number of hydrogen-bond acceptors (Lipinski definition) is 4. The summed E-state index contributed by atoms with van der Waals surface area (Å²) in [5.41, 5.74) is 1.24. The van der Waals surface area contributed by atoms with Gasteiger partial charge in [0.15, 0.2) is 0 Å². The van der Waals surface area contributed by atoms with Crippen LogP contribution in [0.5, 0.6) is 0 Å². The first kappa shape index (κ1) is 16.7. The van der Waals surface area contributed by atoms with Crippen molar-refractivity contribution in [1.82, 2.24) is 15.2 Å². The van der Waals surface area contributed by atoms with Gasteiger partial charge < -0.3 is 10.1 Å². The fourth-order valence-corrected chi connectivity index (χ4v) is 6.17. The Hall–Kier alpha value is -1.46. The van der Waals surface area contributed by atoms with Crippen molar-refractivity contribution in [3.05, 3.63) is 30.1 Å². The van der Waals surface area contributed by atoms with Gasteiger partial charge in [0.2, 0.25) is 0 Å². The van der Waals surface area contributed by atoms with E-state index in [2.05, 4.69) is 15.2 Å². The highest BCUT2D eigenvalue weighted by Gasteiger charge is 2.49. The summed E-state index contributed by atoms with van der Waals surface area (Å²) in [7, 11) is 0. The molecule has 0 spiro atoms. The molecule has 5 fully saturated rings. The highest BCUT2D eigenvalue weighted by Crippen LogP contribution is 2.53. The summed E-state index contributed by atoms with van der Waals surface area (Å²) in [5, 5.41) is 3.42. The molecule has 1 saturated heterocycles. The predicted octanol–water partition coefficient (Wildman–Crippen LogP) is 2.22. The largest absolute Gasteiger partial charge is 0.366 e. The number of morpholine rings is 1. The second-order valence-electron chi connectivity index (χ2n) is 8.92. The lowest BCUT2D eigenvalue weighted by atomic mass is 9.54. The minimum Gasteiger partial charge on any atom is -0.366 e. The quantitative estimate of drug-likeness (QED) is 0.900. The average Bonchev–Trinajstić information content (AvgIpc) is 2.65. The van der Waals surface area contributed by atoms with Gasteiger partial charge in [0.1, 0.15) is 6.10 Å². The molecule has 1 amide bonds. The molecule has 4 bridgehead atoms. The molecule has 4 saturated carbocycles. The minimum atomic E-state index is -0.331. The van der Waals surface area contributed by atoms with Gasteiger partial charge in [-0.25, -0.2) is 0 Å². The van der Waals surface area contributed by atoms with Crippen LogP contribution in [0, 0.1) is 23.7 Å². The summed E-state index contributed by atoms with van der Waals surface area (Å²) in [6, 6.07) is 4.48. The molecule has 0 aromatic carbocycles. The fourth-order valence-electron chi connectivity index (χ4n) is 6.17. The number of ether oxygens (including phenoxy) is 1. The molecule has 6 rings (SSSR count). The van der Waals surface area contributed by atoms with E-state index in [9.17, 15) is 4.79 Å². The van der Waals surface area contributed by atoms with Crippen molar-refractivity contribution in [2.24, 2.45) is 23.7 Å². The Bertz CT molecular complexity index is 622. The van der Waals surface area contributed by atoms with Crippen molar-refractivity contribution in [2.75, 3.05) is 19.7 Å². The third-order valence-electron chi connectivity index (χ3n) is 7.13. The lowest BCUT2D eigenvalue weighted by molar-refractivity contribution is -0.142. The summed E-state index contributed by atoms with van der Waals surface area (Å²) in [4.78, 5) is 19.3. The zero-order chi connectivity index (χ0) is 17.5. The van der Waals surface area contributed by atoms with Gasteiger partial charge in [-0.05, 0) is 73.5 Å². The Morgan fingerprint density at radius 3 is 2.50 bits per heavy atom. The van der Waals surface area contributed by atoms with Crippen LogP contribution >= 0.6 is 0 Å². The smallest absolute Gasteiger partial charge is 0.250 e. The molecule has 1 aromatic rings. The second kappa shape index (κ2) is 6.93. The van der Waals surface area contributed by atoms with Gasteiger partial charge in [0.25, 0.3) is 5.91 Å². The topological polar surface area (TPSA) is 54.5 Å². The summed E-state index contributed by atoms with van der Waals surface area (Å²) in [6.45, 7) is 3.05. The van der Waals surface area contributed by atoms with E-state index in [0.717, 1.165) is 24.9 Å². The zero-order valence-corrected chi connectivity index (χ0v) is 15.3. The van der Waals surface area contributed by atoms with Gasteiger partial charge >= 0.3 is 0 Å². The van der Waals surface area contributed by atoms with Crippen LogP contribution in [0.25, 0.3) is 0 Å². The van der Waals surface area contributed by atoms with E-state index in [-0.39, 0.29) is 12.0 Å². The van der Waals surface area contributed by atoms with E-state index in [1.54, 1.807) is 0 Å². The van der Waals surface area contributed by atoms with E-state index in [1.807, 2.05) is 24.5 Å². The van der Waals surface area contributed by atoms with E-state index < -0.39 is 0 Å². The van der Waals surface area contributed by atoms with E-state index in [4.69, 9.17) is 4.74 Å². The maximum atomic E-state index is 12.9. The molecule has 140 valence electrons. The number of hydrogen-bond donors (Lipinski definition) is 1. The van der Waals surface area contributed by atoms with E-state index in [1.165, 1.54) is 37.7 Å². The molecule has 1 aromatic heterocycles. The van der Waals surface area contributed by atoms with Gasteiger partial charge in [-0.1, -0.05) is 0 Å². The highest BCUT2D eigenvalue weighted by molar-refractivity contribution is 5.81. The maximum Gasteiger partial charge on any atom is 0.250 e. The number of nitrogens with zero attached hydrogens (tertiary/aromatic N) is 2. The Morgan fingerprint density at radius 1 is 1.12 bits per heavy atom. The van der Waals surface area contributed by atoms with Gasteiger partial charge in [0.05, 0.1) is 6.61 Å². The lowest BCUT2D eigenvalue weighted by Crippen LogP contribution is -2.59. The van der Waals surface area contributed by atoms with Gasteiger partial charge in [-0.3, -0.25) is 14.7 Å².